The number of benzene rings is 1. The molecule has 0 aromatic heterocycles. The topological polar surface area (TPSA) is 26.8 Å². The molecule has 1 aromatic carbocycles. The average Bonchev–Trinajstić information content (AvgIpc) is 2.89. The minimum Gasteiger partial charge on any atom is -0.342 e. The van der Waals surface area contributed by atoms with Crippen LogP contribution in [0, 0.1) is 0 Å². The first-order valence-electron chi connectivity index (χ1n) is 9.73. The Balaban J connectivity index is 1.83. The van der Waals surface area contributed by atoms with Crippen LogP contribution in [-0.4, -0.2) is 74.0 Å². The summed E-state index contributed by atoms with van der Waals surface area (Å²) < 4.78 is 0. The summed E-state index contributed by atoms with van der Waals surface area (Å²) >= 11 is 0. The van der Waals surface area contributed by atoms with Crippen molar-refractivity contribution >= 4 is 5.91 Å². The van der Waals surface area contributed by atoms with Gasteiger partial charge < -0.3 is 14.7 Å². The quantitative estimate of drug-likeness (QED) is 0.844. The van der Waals surface area contributed by atoms with E-state index in [-0.39, 0.29) is 5.41 Å². The van der Waals surface area contributed by atoms with Gasteiger partial charge in [-0.15, -0.1) is 0 Å². The third kappa shape index (κ3) is 3.90. The van der Waals surface area contributed by atoms with Gasteiger partial charge in [0.15, 0.2) is 0 Å². The fourth-order valence-corrected chi connectivity index (χ4v) is 4.48. The average molecular weight is 344 g/mol. The highest BCUT2D eigenvalue weighted by Gasteiger charge is 2.44. The molecule has 138 valence electrons. The molecule has 4 nitrogen and oxygen atoms in total. The highest BCUT2D eigenvalue weighted by molar-refractivity contribution is 5.88. The van der Waals surface area contributed by atoms with Crippen molar-refractivity contribution in [3.05, 3.63) is 35.9 Å². The van der Waals surface area contributed by atoms with Crippen molar-refractivity contribution in [1.29, 1.82) is 0 Å². The highest BCUT2D eigenvalue weighted by atomic mass is 16.2. The minimum absolute atomic E-state index is 0.328. The molecule has 0 aliphatic carbocycles. The minimum atomic E-state index is -0.328. The van der Waals surface area contributed by atoms with E-state index in [1.165, 1.54) is 12.0 Å². The van der Waals surface area contributed by atoms with Gasteiger partial charge in [-0.3, -0.25) is 4.79 Å². The molecule has 2 saturated heterocycles. The van der Waals surface area contributed by atoms with Gasteiger partial charge in [0.2, 0.25) is 5.91 Å². The van der Waals surface area contributed by atoms with E-state index in [0.29, 0.717) is 11.9 Å². The van der Waals surface area contributed by atoms with Crippen LogP contribution in [-0.2, 0) is 10.2 Å². The van der Waals surface area contributed by atoms with Gasteiger partial charge in [0.25, 0.3) is 0 Å². The Morgan fingerprint density at radius 1 is 1.04 bits per heavy atom. The molecule has 0 radical (unpaired) electrons. The first-order chi connectivity index (χ1) is 12.0. The SMILES string of the molecule is CN1CCC(C(=O)N2CCC[C@@H](N(C)C)CC2)(c2ccccc2)CC1. The normalized spacial score (nSPS) is 25.0. The van der Waals surface area contributed by atoms with Gasteiger partial charge in [-0.25, -0.2) is 0 Å². The van der Waals surface area contributed by atoms with Crippen molar-refractivity contribution < 1.29 is 4.79 Å². The molecule has 25 heavy (non-hydrogen) atoms. The summed E-state index contributed by atoms with van der Waals surface area (Å²) in [7, 11) is 6.47. The van der Waals surface area contributed by atoms with E-state index in [1.807, 2.05) is 6.07 Å². The van der Waals surface area contributed by atoms with E-state index in [4.69, 9.17) is 0 Å². The summed E-state index contributed by atoms with van der Waals surface area (Å²) in [6.45, 7) is 3.79. The van der Waals surface area contributed by atoms with Crippen molar-refractivity contribution in [2.45, 2.75) is 43.6 Å². The van der Waals surface area contributed by atoms with Crippen LogP contribution in [0.4, 0.5) is 0 Å². The Morgan fingerprint density at radius 2 is 1.72 bits per heavy atom. The molecule has 0 spiro atoms. The van der Waals surface area contributed by atoms with Gasteiger partial charge in [-0.1, -0.05) is 30.3 Å². The number of carbonyl (C=O) groups is 1. The summed E-state index contributed by atoms with van der Waals surface area (Å²) in [5, 5.41) is 0. The standard InChI is InChI=1S/C21H33N3O/c1-22(2)19-10-7-14-24(15-11-19)20(25)21(12-16-23(3)17-13-21)18-8-5-4-6-9-18/h4-6,8-9,19H,7,10-17H2,1-3H3/t19-/m1/s1. The van der Waals surface area contributed by atoms with E-state index < -0.39 is 0 Å². The van der Waals surface area contributed by atoms with Gasteiger partial charge in [-0.2, -0.15) is 0 Å². The van der Waals surface area contributed by atoms with Crippen LogP contribution in [0.15, 0.2) is 30.3 Å². The first-order valence-corrected chi connectivity index (χ1v) is 9.73. The maximum Gasteiger partial charge on any atom is 0.233 e. The van der Waals surface area contributed by atoms with Gasteiger partial charge >= 0.3 is 0 Å². The molecule has 0 unspecified atom stereocenters. The van der Waals surface area contributed by atoms with Crippen molar-refractivity contribution in [3.63, 3.8) is 0 Å². The van der Waals surface area contributed by atoms with Crippen LogP contribution in [0.25, 0.3) is 0 Å². The van der Waals surface area contributed by atoms with E-state index in [2.05, 4.69) is 60.1 Å². The molecule has 2 heterocycles. The van der Waals surface area contributed by atoms with E-state index in [9.17, 15) is 4.79 Å². The molecule has 0 saturated carbocycles. The molecule has 2 aliphatic heterocycles. The number of hydrogen-bond donors (Lipinski definition) is 0. The van der Waals surface area contributed by atoms with E-state index >= 15 is 0 Å². The molecular weight excluding hydrogens is 310 g/mol. The number of carbonyl (C=O) groups excluding carboxylic acids is 1. The van der Waals surface area contributed by atoms with Crippen LogP contribution in [0.3, 0.4) is 0 Å². The summed E-state index contributed by atoms with van der Waals surface area (Å²) in [6, 6.07) is 11.1. The van der Waals surface area contributed by atoms with E-state index in [0.717, 1.165) is 51.9 Å². The summed E-state index contributed by atoms with van der Waals surface area (Å²) in [6.07, 6.45) is 5.25. The molecule has 1 aromatic rings. The van der Waals surface area contributed by atoms with Crippen molar-refractivity contribution in [2.75, 3.05) is 47.3 Å². The van der Waals surface area contributed by atoms with Gasteiger partial charge in [0, 0.05) is 19.1 Å². The molecule has 0 N–H and O–H groups in total. The summed E-state index contributed by atoms with van der Waals surface area (Å²) in [4.78, 5) is 20.5. The van der Waals surface area contributed by atoms with Crippen molar-refractivity contribution in [1.82, 2.24) is 14.7 Å². The molecule has 3 rings (SSSR count). The lowest BCUT2D eigenvalue weighted by Gasteiger charge is -2.42. The first kappa shape index (κ1) is 18.4. The molecule has 2 fully saturated rings. The second-order valence-corrected chi connectivity index (χ2v) is 8.09. The molecule has 0 bridgehead atoms. The third-order valence-electron chi connectivity index (χ3n) is 6.29. The summed E-state index contributed by atoms with van der Waals surface area (Å²) in [5.74, 6) is 0.367. The number of rotatable bonds is 3. The predicted molar refractivity (Wildman–Crippen MR) is 103 cm³/mol. The van der Waals surface area contributed by atoms with Crippen LogP contribution < -0.4 is 0 Å². The lowest BCUT2D eigenvalue weighted by atomic mass is 9.71. The highest BCUT2D eigenvalue weighted by Crippen LogP contribution is 2.37. The summed E-state index contributed by atoms with van der Waals surface area (Å²) in [5.41, 5.74) is 0.882. The van der Waals surface area contributed by atoms with Crippen LogP contribution in [0.5, 0.6) is 0 Å². The number of nitrogens with zero attached hydrogens (tertiary/aromatic N) is 3. The van der Waals surface area contributed by atoms with Crippen molar-refractivity contribution in [2.24, 2.45) is 0 Å². The fourth-order valence-electron chi connectivity index (χ4n) is 4.48. The van der Waals surface area contributed by atoms with Gasteiger partial charge in [0.05, 0.1) is 5.41 Å². The predicted octanol–water partition coefficient (Wildman–Crippen LogP) is 2.59. The second-order valence-electron chi connectivity index (χ2n) is 8.09. The Labute approximate surface area is 152 Å². The molecular formula is C21H33N3O. The lowest BCUT2D eigenvalue weighted by Crippen LogP contribution is -2.52. The Morgan fingerprint density at radius 3 is 2.36 bits per heavy atom. The zero-order chi connectivity index (χ0) is 17.9. The van der Waals surface area contributed by atoms with E-state index in [1.54, 1.807) is 0 Å². The molecule has 2 aliphatic rings. The molecule has 1 amide bonds. The Kier molecular flexibility index (Phi) is 5.80. The van der Waals surface area contributed by atoms with Crippen LogP contribution >= 0.6 is 0 Å². The zero-order valence-electron chi connectivity index (χ0n) is 16.1. The van der Waals surface area contributed by atoms with Crippen LogP contribution in [0.1, 0.15) is 37.7 Å². The Bertz CT molecular complexity index is 564. The molecule has 4 heteroatoms. The molecule has 1 atom stereocenters. The monoisotopic (exact) mass is 343 g/mol. The number of amides is 1. The fraction of sp³-hybridized carbons (Fsp3) is 0.667. The van der Waals surface area contributed by atoms with Crippen molar-refractivity contribution in [3.8, 4) is 0 Å². The number of likely N-dealkylation sites (tertiary alicyclic amines) is 2. The van der Waals surface area contributed by atoms with Gasteiger partial charge in [-0.05, 0) is 71.9 Å². The van der Waals surface area contributed by atoms with Crippen LogP contribution in [0.2, 0.25) is 0 Å². The Hall–Kier alpha value is -1.39. The smallest absolute Gasteiger partial charge is 0.233 e. The van der Waals surface area contributed by atoms with Gasteiger partial charge in [0.1, 0.15) is 0 Å². The maximum absolute atomic E-state index is 13.7. The number of piperidine rings is 1. The lowest BCUT2D eigenvalue weighted by molar-refractivity contribution is -0.139. The zero-order valence-corrected chi connectivity index (χ0v) is 16.1. The second kappa shape index (κ2) is 7.88. The third-order valence-corrected chi connectivity index (χ3v) is 6.29. The largest absolute Gasteiger partial charge is 0.342 e. The number of hydrogen-bond acceptors (Lipinski definition) is 3. The maximum atomic E-state index is 13.7.